The maximum atomic E-state index is 4.87. The minimum Gasteiger partial charge on any atom is -0.362 e. The Labute approximate surface area is 102 Å². The highest BCUT2D eigenvalue weighted by molar-refractivity contribution is 8.13. The molecule has 2 atom stereocenters. The predicted molar refractivity (Wildman–Crippen MR) is 70.1 cm³/mol. The first-order chi connectivity index (χ1) is 7.81. The third-order valence-corrected chi connectivity index (χ3v) is 4.65. The Bertz CT molecular complexity index is 288. The number of hydrogen-bond acceptors (Lipinski definition) is 3. The molecule has 0 aromatic carbocycles. The van der Waals surface area contributed by atoms with Crippen LogP contribution < -0.4 is 5.32 Å². The number of rotatable bonds is 2. The van der Waals surface area contributed by atoms with Crippen molar-refractivity contribution in [3.8, 4) is 0 Å². The van der Waals surface area contributed by atoms with Crippen LogP contribution in [0, 0.1) is 0 Å². The molecule has 4 heteroatoms. The van der Waals surface area contributed by atoms with Gasteiger partial charge in [-0.1, -0.05) is 11.8 Å². The van der Waals surface area contributed by atoms with Gasteiger partial charge in [-0.2, -0.15) is 0 Å². The fourth-order valence-corrected chi connectivity index (χ4v) is 3.72. The molecule has 3 nitrogen and oxygen atoms in total. The van der Waals surface area contributed by atoms with E-state index in [1.54, 1.807) is 0 Å². The largest absolute Gasteiger partial charge is 0.362 e. The van der Waals surface area contributed by atoms with Gasteiger partial charge < -0.3 is 5.32 Å². The van der Waals surface area contributed by atoms with Crippen molar-refractivity contribution in [1.29, 1.82) is 0 Å². The lowest BCUT2D eigenvalue weighted by molar-refractivity contribution is 0.324. The average Bonchev–Trinajstić information content (AvgIpc) is 3.01. The zero-order valence-corrected chi connectivity index (χ0v) is 10.8. The smallest absolute Gasteiger partial charge is 0.157 e. The van der Waals surface area contributed by atoms with Gasteiger partial charge in [0.05, 0.1) is 6.04 Å². The normalized spacial score (nSPS) is 38.9. The summed E-state index contributed by atoms with van der Waals surface area (Å²) < 4.78 is 0. The molecule has 0 aromatic heterocycles. The van der Waals surface area contributed by atoms with Gasteiger partial charge in [0.1, 0.15) is 0 Å². The van der Waals surface area contributed by atoms with Crippen LogP contribution >= 0.6 is 11.8 Å². The van der Waals surface area contributed by atoms with Crippen LogP contribution in [0.4, 0.5) is 0 Å². The molecule has 0 spiro atoms. The minimum atomic E-state index is 0.556. The summed E-state index contributed by atoms with van der Waals surface area (Å²) in [5, 5.41) is 4.69. The number of aliphatic imine (C=N–C) groups is 1. The van der Waals surface area contributed by atoms with Gasteiger partial charge in [-0.15, -0.1) is 0 Å². The number of thioether (sulfide) groups is 1. The second-order valence-electron chi connectivity index (χ2n) is 5.29. The molecule has 1 aliphatic carbocycles. The Morgan fingerprint density at radius 2 is 2.19 bits per heavy atom. The fourth-order valence-electron chi connectivity index (χ4n) is 2.54. The van der Waals surface area contributed by atoms with Crippen LogP contribution in [-0.2, 0) is 0 Å². The molecule has 0 radical (unpaired) electrons. The van der Waals surface area contributed by atoms with Crippen LogP contribution in [0.1, 0.15) is 32.6 Å². The first kappa shape index (κ1) is 10.9. The van der Waals surface area contributed by atoms with E-state index in [1.165, 1.54) is 49.7 Å². The molecule has 2 saturated heterocycles. The van der Waals surface area contributed by atoms with Gasteiger partial charge in [0, 0.05) is 30.9 Å². The van der Waals surface area contributed by atoms with E-state index in [2.05, 4.69) is 17.1 Å². The minimum absolute atomic E-state index is 0.556. The van der Waals surface area contributed by atoms with Crippen molar-refractivity contribution in [2.24, 2.45) is 4.99 Å². The second-order valence-corrected chi connectivity index (χ2v) is 6.37. The summed E-state index contributed by atoms with van der Waals surface area (Å²) in [6.07, 6.45) is 5.37. The highest BCUT2D eigenvalue weighted by Crippen LogP contribution is 2.30. The number of amidine groups is 1. The summed E-state index contributed by atoms with van der Waals surface area (Å²) in [6, 6.07) is 2.08. The van der Waals surface area contributed by atoms with Gasteiger partial charge in [0.2, 0.25) is 0 Å². The molecule has 3 fully saturated rings. The highest BCUT2D eigenvalue weighted by atomic mass is 32.2. The SMILES string of the molecule is CC1CCSC(=NC2CCN(C3CC3)C2)N1. The lowest BCUT2D eigenvalue weighted by Gasteiger charge is -2.22. The van der Waals surface area contributed by atoms with Crippen LogP contribution in [0.3, 0.4) is 0 Å². The Hall–Kier alpha value is -0.220. The van der Waals surface area contributed by atoms with Crippen molar-refractivity contribution in [1.82, 2.24) is 10.2 Å². The van der Waals surface area contributed by atoms with Crippen molar-refractivity contribution < 1.29 is 0 Å². The quantitative estimate of drug-likeness (QED) is 0.795. The first-order valence-electron chi connectivity index (χ1n) is 6.52. The average molecular weight is 239 g/mol. The number of nitrogens with one attached hydrogen (secondary N) is 1. The summed E-state index contributed by atoms with van der Waals surface area (Å²) in [5.74, 6) is 1.23. The van der Waals surface area contributed by atoms with E-state index < -0.39 is 0 Å². The van der Waals surface area contributed by atoms with Gasteiger partial charge in [0.25, 0.3) is 0 Å². The molecule has 2 heterocycles. The van der Waals surface area contributed by atoms with Crippen molar-refractivity contribution in [2.75, 3.05) is 18.8 Å². The second kappa shape index (κ2) is 4.57. The lowest BCUT2D eigenvalue weighted by atomic mass is 10.2. The third-order valence-electron chi connectivity index (χ3n) is 3.72. The molecule has 90 valence electrons. The van der Waals surface area contributed by atoms with E-state index in [9.17, 15) is 0 Å². The van der Waals surface area contributed by atoms with Crippen LogP contribution in [0.5, 0.6) is 0 Å². The Balaban J connectivity index is 1.55. The molecule has 2 aliphatic heterocycles. The predicted octanol–water partition coefficient (Wildman–Crippen LogP) is 1.69. The molecule has 16 heavy (non-hydrogen) atoms. The molecule has 0 aromatic rings. The van der Waals surface area contributed by atoms with E-state index in [0.717, 1.165) is 6.04 Å². The summed E-state index contributed by atoms with van der Waals surface area (Å²) in [4.78, 5) is 7.50. The van der Waals surface area contributed by atoms with E-state index in [-0.39, 0.29) is 0 Å². The van der Waals surface area contributed by atoms with Gasteiger partial charge in [-0.25, -0.2) is 0 Å². The fraction of sp³-hybridized carbons (Fsp3) is 0.917. The number of nitrogens with zero attached hydrogens (tertiary/aromatic N) is 2. The monoisotopic (exact) mass is 239 g/mol. The van der Waals surface area contributed by atoms with Gasteiger partial charge in [-0.05, 0) is 32.6 Å². The summed E-state index contributed by atoms with van der Waals surface area (Å²) >= 11 is 1.90. The van der Waals surface area contributed by atoms with Crippen LogP contribution in [-0.4, -0.2) is 47.0 Å². The van der Waals surface area contributed by atoms with Crippen molar-refractivity contribution in [3.05, 3.63) is 0 Å². The maximum absolute atomic E-state index is 4.87. The van der Waals surface area contributed by atoms with Gasteiger partial charge in [0.15, 0.2) is 5.17 Å². The molecule has 0 bridgehead atoms. The topological polar surface area (TPSA) is 27.6 Å². The Kier molecular flexibility index (Phi) is 3.11. The van der Waals surface area contributed by atoms with Crippen LogP contribution in [0.2, 0.25) is 0 Å². The summed E-state index contributed by atoms with van der Waals surface area (Å²) in [6.45, 7) is 4.72. The Morgan fingerprint density at radius 3 is 2.94 bits per heavy atom. The molecule has 1 saturated carbocycles. The summed E-state index contributed by atoms with van der Waals surface area (Å²) in [7, 11) is 0. The molecule has 1 N–H and O–H groups in total. The number of hydrogen-bond donors (Lipinski definition) is 1. The van der Waals surface area contributed by atoms with Crippen molar-refractivity contribution >= 4 is 16.9 Å². The molecular formula is C12H21N3S. The molecule has 3 rings (SSSR count). The van der Waals surface area contributed by atoms with Crippen LogP contribution in [0.25, 0.3) is 0 Å². The van der Waals surface area contributed by atoms with Gasteiger partial charge >= 0.3 is 0 Å². The van der Waals surface area contributed by atoms with E-state index in [4.69, 9.17) is 4.99 Å². The molecular weight excluding hydrogens is 218 g/mol. The van der Waals surface area contributed by atoms with Crippen molar-refractivity contribution in [2.45, 2.75) is 50.7 Å². The number of likely N-dealkylation sites (tertiary alicyclic amines) is 1. The molecule has 2 unspecified atom stereocenters. The Morgan fingerprint density at radius 1 is 1.31 bits per heavy atom. The van der Waals surface area contributed by atoms with E-state index in [0.29, 0.717) is 12.1 Å². The standard InChI is InChI=1S/C12H21N3S/c1-9-5-7-16-12(13-9)14-10-4-6-15(8-10)11-2-3-11/h9-11H,2-8H2,1H3,(H,13,14). The van der Waals surface area contributed by atoms with Crippen LogP contribution in [0.15, 0.2) is 4.99 Å². The highest BCUT2D eigenvalue weighted by Gasteiger charge is 2.34. The van der Waals surface area contributed by atoms with E-state index >= 15 is 0 Å². The van der Waals surface area contributed by atoms with Gasteiger partial charge in [-0.3, -0.25) is 9.89 Å². The lowest BCUT2D eigenvalue weighted by Crippen LogP contribution is -2.36. The van der Waals surface area contributed by atoms with Crippen molar-refractivity contribution in [3.63, 3.8) is 0 Å². The first-order valence-corrected chi connectivity index (χ1v) is 7.51. The maximum Gasteiger partial charge on any atom is 0.157 e. The van der Waals surface area contributed by atoms with E-state index in [1.807, 2.05) is 11.8 Å². The molecule has 0 amide bonds. The molecule has 3 aliphatic rings. The zero-order chi connectivity index (χ0) is 11.0. The third kappa shape index (κ3) is 2.54. The zero-order valence-electron chi connectivity index (χ0n) is 9.98. The summed E-state index contributed by atoms with van der Waals surface area (Å²) in [5.41, 5.74) is 0.